The van der Waals surface area contributed by atoms with E-state index in [2.05, 4.69) is 30.6 Å². The Kier molecular flexibility index (Phi) is 4.08. The Hall–Kier alpha value is -0.570. The third-order valence-corrected chi connectivity index (χ3v) is 3.68. The number of carbonyl (C=O) groups excluding carboxylic acids is 1. The summed E-state index contributed by atoms with van der Waals surface area (Å²) in [6.45, 7) is 9.14. The standard InChI is InChI=1S/C14H26N2O/c1-4-15(12-5-6-12)10-14(17)16(9-11(2)3)13-7-8-13/h11-13H,4-10H2,1-3H3. The molecule has 2 aliphatic rings. The first kappa shape index (κ1) is 12.9. The van der Waals surface area contributed by atoms with Crippen LogP contribution >= 0.6 is 0 Å². The van der Waals surface area contributed by atoms with Gasteiger partial charge in [0.25, 0.3) is 0 Å². The van der Waals surface area contributed by atoms with Gasteiger partial charge in [-0.15, -0.1) is 0 Å². The van der Waals surface area contributed by atoms with Crippen molar-refractivity contribution in [3.63, 3.8) is 0 Å². The third kappa shape index (κ3) is 3.70. The number of nitrogens with zero attached hydrogens (tertiary/aromatic N) is 2. The van der Waals surface area contributed by atoms with Crippen molar-refractivity contribution < 1.29 is 4.79 Å². The van der Waals surface area contributed by atoms with Crippen LogP contribution in [0.1, 0.15) is 46.5 Å². The number of likely N-dealkylation sites (N-methyl/N-ethyl adjacent to an activating group) is 1. The summed E-state index contributed by atoms with van der Waals surface area (Å²) in [5.74, 6) is 0.936. The first-order chi connectivity index (χ1) is 8.11. The second-order valence-corrected chi connectivity index (χ2v) is 5.97. The molecule has 0 bridgehead atoms. The van der Waals surface area contributed by atoms with E-state index in [0.29, 0.717) is 30.5 Å². The molecule has 0 aromatic carbocycles. The van der Waals surface area contributed by atoms with Crippen LogP contribution in [-0.2, 0) is 4.79 Å². The van der Waals surface area contributed by atoms with E-state index in [1.165, 1.54) is 25.7 Å². The maximum absolute atomic E-state index is 12.3. The maximum Gasteiger partial charge on any atom is 0.237 e. The van der Waals surface area contributed by atoms with Gasteiger partial charge in [-0.3, -0.25) is 9.69 Å². The molecule has 2 rings (SSSR count). The number of hydrogen-bond donors (Lipinski definition) is 0. The van der Waals surface area contributed by atoms with Crippen LogP contribution in [0.25, 0.3) is 0 Å². The average molecular weight is 238 g/mol. The Bertz CT molecular complexity index is 269. The molecule has 0 N–H and O–H groups in total. The summed E-state index contributed by atoms with van der Waals surface area (Å²) in [6, 6.07) is 1.26. The molecule has 2 fully saturated rings. The zero-order valence-corrected chi connectivity index (χ0v) is 11.5. The Balaban J connectivity index is 1.86. The summed E-state index contributed by atoms with van der Waals surface area (Å²) >= 11 is 0. The molecule has 3 heteroatoms. The van der Waals surface area contributed by atoms with E-state index < -0.39 is 0 Å². The minimum Gasteiger partial charge on any atom is -0.338 e. The molecule has 0 heterocycles. The van der Waals surface area contributed by atoms with Gasteiger partial charge in [-0.05, 0) is 38.1 Å². The van der Waals surface area contributed by atoms with Gasteiger partial charge < -0.3 is 4.90 Å². The zero-order chi connectivity index (χ0) is 12.4. The highest BCUT2D eigenvalue weighted by Gasteiger charge is 2.35. The second kappa shape index (κ2) is 5.38. The topological polar surface area (TPSA) is 23.6 Å². The fraction of sp³-hybridized carbons (Fsp3) is 0.929. The molecule has 3 nitrogen and oxygen atoms in total. The van der Waals surface area contributed by atoms with Crippen molar-refractivity contribution in [2.45, 2.75) is 58.5 Å². The van der Waals surface area contributed by atoms with Gasteiger partial charge in [0.15, 0.2) is 0 Å². The Morgan fingerprint density at radius 1 is 1.18 bits per heavy atom. The van der Waals surface area contributed by atoms with E-state index in [-0.39, 0.29) is 0 Å². The lowest BCUT2D eigenvalue weighted by molar-refractivity contribution is -0.133. The van der Waals surface area contributed by atoms with Gasteiger partial charge >= 0.3 is 0 Å². The first-order valence-corrected chi connectivity index (χ1v) is 7.15. The number of rotatable bonds is 7. The molecular formula is C14H26N2O. The predicted molar refractivity (Wildman–Crippen MR) is 69.8 cm³/mol. The predicted octanol–water partition coefficient (Wildman–Crippen LogP) is 2.12. The van der Waals surface area contributed by atoms with Crippen LogP contribution in [0.15, 0.2) is 0 Å². The van der Waals surface area contributed by atoms with Crippen LogP contribution in [0, 0.1) is 5.92 Å². The normalized spacial score (nSPS) is 20.1. The van der Waals surface area contributed by atoms with Gasteiger partial charge in [0.1, 0.15) is 0 Å². The fourth-order valence-corrected chi connectivity index (χ4v) is 2.44. The van der Waals surface area contributed by atoms with Gasteiger partial charge in [0, 0.05) is 18.6 Å². The van der Waals surface area contributed by atoms with E-state index in [1.807, 2.05) is 0 Å². The highest BCUT2D eigenvalue weighted by atomic mass is 16.2. The quantitative estimate of drug-likeness (QED) is 0.678. The Morgan fingerprint density at radius 3 is 2.18 bits per heavy atom. The highest BCUT2D eigenvalue weighted by Crippen LogP contribution is 2.29. The minimum atomic E-state index is 0.356. The summed E-state index contributed by atoms with van der Waals surface area (Å²) in [5.41, 5.74) is 0. The molecule has 0 saturated heterocycles. The molecule has 0 atom stereocenters. The summed E-state index contributed by atoms with van der Waals surface area (Å²) in [4.78, 5) is 16.8. The average Bonchev–Trinajstić information content (AvgIpc) is 3.14. The van der Waals surface area contributed by atoms with E-state index in [0.717, 1.165) is 13.1 Å². The Morgan fingerprint density at radius 2 is 1.76 bits per heavy atom. The van der Waals surface area contributed by atoms with Crippen molar-refractivity contribution in [2.24, 2.45) is 5.92 Å². The monoisotopic (exact) mass is 238 g/mol. The van der Waals surface area contributed by atoms with Crippen LogP contribution in [0.3, 0.4) is 0 Å². The largest absolute Gasteiger partial charge is 0.338 e. The number of hydrogen-bond acceptors (Lipinski definition) is 2. The highest BCUT2D eigenvalue weighted by molar-refractivity contribution is 5.79. The minimum absolute atomic E-state index is 0.356. The van der Waals surface area contributed by atoms with Gasteiger partial charge in [-0.25, -0.2) is 0 Å². The van der Waals surface area contributed by atoms with Crippen molar-refractivity contribution in [1.82, 2.24) is 9.80 Å². The first-order valence-electron chi connectivity index (χ1n) is 7.15. The summed E-state index contributed by atoms with van der Waals surface area (Å²) in [5, 5.41) is 0. The van der Waals surface area contributed by atoms with Crippen molar-refractivity contribution in [1.29, 1.82) is 0 Å². The fourth-order valence-electron chi connectivity index (χ4n) is 2.44. The SMILES string of the molecule is CCN(CC(=O)N(CC(C)C)C1CC1)C1CC1. The molecule has 2 aliphatic carbocycles. The molecule has 1 amide bonds. The van der Waals surface area contributed by atoms with Crippen molar-refractivity contribution in [3.8, 4) is 0 Å². The van der Waals surface area contributed by atoms with Crippen LogP contribution < -0.4 is 0 Å². The molecule has 0 unspecified atom stereocenters. The van der Waals surface area contributed by atoms with Crippen molar-refractivity contribution >= 4 is 5.91 Å². The molecule has 0 aromatic rings. The van der Waals surface area contributed by atoms with Gasteiger partial charge in [0.05, 0.1) is 6.54 Å². The van der Waals surface area contributed by atoms with Crippen LogP contribution in [0.2, 0.25) is 0 Å². The zero-order valence-electron chi connectivity index (χ0n) is 11.5. The second-order valence-electron chi connectivity index (χ2n) is 5.97. The molecule has 0 aliphatic heterocycles. The van der Waals surface area contributed by atoms with Crippen molar-refractivity contribution in [3.05, 3.63) is 0 Å². The molecule has 98 valence electrons. The van der Waals surface area contributed by atoms with Crippen LogP contribution in [-0.4, -0.2) is 47.4 Å². The summed E-state index contributed by atoms with van der Waals surface area (Å²) in [6.07, 6.45) is 5.01. The smallest absolute Gasteiger partial charge is 0.237 e. The van der Waals surface area contributed by atoms with E-state index in [9.17, 15) is 4.79 Å². The molecule has 0 aromatic heterocycles. The lowest BCUT2D eigenvalue weighted by Crippen LogP contribution is -2.43. The van der Waals surface area contributed by atoms with Crippen LogP contribution in [0.5, 0.6) is 0 Å². The number of carbonyl (C=O) groups is 1. The number of amides is 1. The molecule has 0 radical (unpaired) electrons. The third-order valence-electron chi connectivity index (χ3n) is 3.68. The Labute approximate surface area is 105 Å². The lowest BCUT2D eigenvalue weighted by Gasteiger charge is -2.28. The van der Waals surface area contributed by atoms with E-state index in [1.54, 1.807) is 0 Å². The molecule has 2 saturated carbocycles. The summed E-state index contributed by atoms with van der Waals surface area (Å²) < 4.78 is 0. The lowest BCUT2D eigenvalue weighted by atomic mass is 10.2. The van der Waals surface area contributed by atoms with Gasteiger partial charge in [0.2, 0.25) is 5.91 Å². The van der Waals surface area contributed by atoms with Gasteiger partial charge in [-0.2, -0.15) is 0 Å². The molecule has 17 heavy (non-hydrogen) atoms. The summed E-state index contributed by atoms with van der Waals surface area (Å²) in [7, 11) is 0. The van der Waals surface area contributed by atoms with E-state index >= 15 is 0 Å². The maximum atomic E-state index is 12.3. The molecular weight excluding hydrogens is 212 g/mol. The van der Waals surface area contributed by atoms with Crippen molar-refractivity contribution in [2.75, 3.05) is 19.6 Å². The van der Waals surface area contributed by atoms with Gasteiger partial charge in [-0.1, -0.05) is 20.8 Å². The van der Waals surface area contributed by atoms with Crippen LogP contribution in [0.4, 0.5) is 0 Å². The molecule has 0 spiro atoms. The van der Waals surface area contributed by atoms with E-state index in [4.69, 9.17) is 0 Å².